The van der Waals surface area contributed by atoms with Crippen LogP contribution in [0.2, 0.25) is 4.82 Å². The molecule has 2 heterocycles. The summed E-state index contributed by atoms with van der Waals surface area (Å²) in [5.74, 6) is 0. The van der Waals surface area contributed by atoms with Gasteiger partial charge in [0.2, 0.25) is 0 Å². The van der Waals surface area contributed by atoms with E-state index in [1.165, 1.54) is 4.46 Å². The molecule has 0 radical (unpaired) electrons. The summed E-state index contributed by atoms with van der Waals surface area (Å²) in [6, 6.07) is 20.1. The van der Waals surface area contributed by atoms with Gasteiger partial charge < -0.3 is 0 Å². The van der Waals surface area contributed by atoms with Gasteiger partial charge in [0.05, 0.1) is 0 Å². The average molecular weight is 421 g/mol. The van der Waals surface area contributed by atoms with Gasteiger partial charge in [-0.2, -0.15) is 0 Å². The first-order valence-electron chi connectivity index (χ1n) is 8.66. The van der Waals surface area contributed by atoms with Gasteiger partial charge in [0.1, 0.15) is 0 Å². The van der Waals surface area contributed by atoms with Crippen LogP contribution in [0.1, 0.15) is 11.9 Å². The predicted molar refractivity (Wildman–Crippen MR) is 97.3 cm³/mol. The first-order chi connectivity index (χ1) is 12.8. The van der Waals surface area contributed by atoms with Crippen LogP contribution >= 0.6 is 0 Å². The van der Waals surface area contributed by atoms with Crippen LogP contribution < -0.4 is 4.46 Å². The molecule has 0 bridgehead atoms. The van der Waals surface area contributed by atoms with E-state index in [0.717, 1.165) is 5.56 Å². The Morgan fingerprint density at radius 2 is 1.69 bits per heavy atom. The molecule has 26 heavy (non-hydrogen) atoms. The van der Waals surface area contributed by atoms with Gasteiger partial charge in [0, 0.05) is 0 Å². The molecule has 2 fully saturated rings. The number of benzene rings is 2. The number of hydrogen-bond acceptors (Lipinski definition) is 5. The van der Waals surface area contributed by atoms with Crippen LogP contribution in [-0.2, 0) is 18.9 Å². The van der Waals surface area contributed by atoms with Gasteiger partial charge in [-0.3, -0.25) is 0 Å². The predicted octanol–water partition coefficient (Wildman–Crippen LogP) is 1.65. The van der Waals surface area contributed by atoms with Crippen LogP contribution in [0, 0.1) is 0 Å². The Hall–Kier alpha value is -1.24. The van der Waals surface area contributed by atoms with E-state index in [1.807, 2.05) is 48.5 Å². The average Bonchev–Trinajstić information content (AvgIpc) is 2.71. The third kappa shape index (κ3) is 3.73. The van der Waals surface area contributed by atoms with Crippen molar-refractivity contribution >= 4 is 19.4 Å². The molecular weight excluding hydrogens is 399 g/mol. The van der Waals surface area contributed by atoms with Crippen LogP contribution in [0.4, 0.5) is 0 Å². The third-order valence-corrected chi connectivity index (χ3v) is 7.49. The standard InChI is InChI=1S/C20H22O5Se/c1-22-20-16(21)18(26-14-10-6-3-7-11-14)17-15(24-20)12-23-19(25-17)13-8-4-2-5-9-13/h2-11,15-21H,12H2,1H3/t15-,16-,17-,18+,19?,20-/m1/s1. The Bertz CT molecular complexity index is 698. The molecule has 2 saturated heterocycles. The molecule has 2 aliphatic heterocycles. The summed E-state index contributed by atoms with van der Waals surface area (Å²) in [5.41, 5.74) is 0.972. The Balaban J connectivity index is 1.58. The summed E-state index contributed by atoms with van der Waals surface area (Å²) >= 11 is 0.0166. The summed E-state index contributed by atoms with van der Waals surface area (Å²) in [5, 5.41) is 10.8. The molecule has 0 aliphatic carbocycles. The van der Waals surface area contributed by atoms with E-state index >= 15 is 0 Å². The van der Waals surface area contributed by atoms with Crippen molar-refractivity contribution < 1.29 is 24.1 Å². The quantitative estimate of drug-likeness (QED) is 0.762. The SMILES string of the molecule is CO[C@@H]1O[C@@H]2COC(c3ccccc3)O[C@H]2[C@@H]([Se]c2ccccc2)[C@H]1O. The van der Waals surface area contributed by atoms with Crippen molar-refractivity contribution in [2.45, 2.75) is 35.7 Å². The Labute approximate surface area is 159 Å². The number of ether oxygens (including phenoxy) is 4. The van der Waals surface area contributed by atoms with Gasteiger partial charge in [-0.15, -0.1) is 0 Å². The summed E-state index contributed by atoms with van der Waals surface area (Å²) < 4.78 is 24.6. The van der Waals surface area contributed by atoms with Crippen molar-refractivity contribution in [2.24, 2.45) is 0 Å². The molecule has 0 aromatic heterocycles. The fourth-order valence-corrected chi connectivity index (χ4v) is 5.99. The van der Waals surface area contributed by atoms with Crippen molar-refractivity contribution in [2.75, 3.05) is 13.7 Å². The van der Waals surface area contributed by atoms with E-state index in [2.05, 4.69) is 12.1 Å². The molecule has 2 aromatic rings. The van der Waals surface area contributed by atoms with Crippen molar-refractivity contribution in [1.82, 2.24) is 0 Å². The summed E-state index contributed by atoms with van der Waals surface area (Å²) in [7, 11) is 1.55. The summed E-state index contributed by atoms with van der Waals surface area (Å²) in [6.45, 7) is 0.415. The van der Waals surface area contributed by atoms with Crippen molar-refractivity contribution in [3.63, 3.8) is 0 Å². The van der Waals surface area contributed by atoms with Gasteiger partial charge in [-0.25, -0.2) is 0 Å². The Morgan fingerprint density at radius 3 is 2.38 bits per heavy atom. The minimum absolute atomic E-state index is 0.0166. The molecule has 2 aliphatic rings. The van der Waals surface area contributed by atoms with Gasteiger partial charge in [0.25, 0.3) is 0 Å². The van der Waals surface area contributed by atoms with E-state index in [9.17, 15) is 5.11 Å². The number of hydrogen-bond donors (Lipinski definition) is 1. The fraction of sp³-hybridized carbons (Fsp3) is 0.400. The molecule has 2 aromatic carbocycles. The maximum atomic E-state index is 10.8. The van der Waals surface area contributed by atoms with Gasteiger partial charge >= 0.3 is 159 Å². The topological polar surface area (TPSA) is 57.2 Å². The van der Waals surface area contributed by atoms with Crippen LogP contribution in [0.3, 0.4) is 0 Å². The van der Waals surface area contributed by atoms with E-state index in [4.69, 9.17) is 18.9 Å². The van der Waals surface area contributed by atoms with E-state index < -0.39 is 18.7 Å². The first kappa shape index (κ1) is 18.1. The number of rotatable bonds is 4. The first-order valence-corrected chi connectivity index (χ1v) is 10.5. The molecule has 4 rings (SSSR count). The van der Waals surface area contributed by atoms with E-state index in [0.29, 0.717) is 6.61 Å². The molecule has 6 atom stereocenters. The molecule has 138 valence electrons. The van der Waals surface area contributed by atoms with Crippen LogP contribution in [0.25, 0.3) is 0 Å². The second-order valence-corrected chi connectivity index (χ2v) is 8.97. The number of fused-ring (bicyclic) bond motifs is 1. The molecule has 0 spiro atoms. The normalized spacial score (nSPS) is 34.2. The third-order valence-electron chi connectivity index (χ3n) is 4.63. The minimum atomic E-state index is -0.740. The second kappa shape index (κ2) is 8.19. The number of aliphatic hydroxyl groups is 1. The molecule has 6 heteroatoms. The molecular formula is C20H22O5Se. The second-order valence-electron chi connectivity index (χ2n) is 6.34. The summed E-state index contributed by atoms with van der Waals surface area (Å²) in [4.78, 5) is -0.0799. The Morgan fingerprint density at radius 1 is 1.00 bits per heavy atom. The van der Waals surface area contributed by atoms with Gasteiger partial charge in [-0.05, 0) is 0 Å². The zero-order chi connectivity index (χ0) is 17.9. The molecule has 0 amide bonds. The molecule has 1 unspecified atom stereocenters. The zero-order valence-corrected chi connectivity index (χ0v) is 16.1. The van der Waals surface area contributed by atoms with E-state index in [1.54, 1.807) is 7.11 Å². The van der Waals surface area contributed by atoms with Crippen molar-refractivity contribution in [3.05, 3.63) is 66.2 Å². The summed E-state index contributed by atoms with van der Waals surface area (Å²) in [6.07, 6.45) is -2.33. The van der Waals surface area contributed by atoms with Crippen LogP contribution in [0.5, 0.6) is 0 Å². The fourth-order valence-electron chi connectivity index (χ4n) is 3.33. The van der Waals surface area contributed by atoms with E-state index in [-0.39, 0.29) is 32.0 Å². The Kier molecular flexibility index (Phi) is 5.72. The van der Waals surface area contributed by atoms with Crippen molar-refractivity contribution in [1.29, 1.82) is 0 Å². The van der Waals surface area contributed by atoms with Crippen molar-refractivity contribution in [3.8, 4) is 0 Å². The van der Waals surface area contributed by atoms with Gasteiger partial charge in [0.15, 0.2) is 0 Å². The molecule has 5 nitrogen and oxygen atoms in total. The maximum absolute atomic E-state index is 10.8. The van der Waals surface area contributed by atoms with Gasteiger partial charge in [-0.1, -0.05) is 0 Å². The zero-order valence-electron chi connectivity index (χ0n) is 14.4. The molecule has 1 N–H and O–H groups in total. The molecule has 0 saturated carbocycles. The van der Waals surface area contributed by atoms with Crippen LogP contribution in [-0.4, -0.2) is 58.4 Å². The monoisotopic (exact) mass is 422 g/mol. The number of aliphatic hydroxyl groups excluding tert-OH is 1. The van der Waals surface area contributed by atoms with Crippen LogP contribution in [0.15, 0.2) is 60.7 Å². The number of methoxy groups -OCH3 is 1.